The van der Waals surface area contributed by atoms with E-state index in [2.05, 4.69) is 20.8 Å². The van der Waals surface area contributed by atoms with Crippen molar-refractivity contribution in [2.75, 3.05) is 18.5 Å². The molecule has 0 saturated carbocycles. The number of carbonyl (C=O) groups is 2. The van der Waals surface area contributed by atoms with Crippen LogP contribution in [0, 0.1) is 10.8 Å². The average molecular weight is 565 g/mol. The van der Waals surface area contributed by atoms with Crippen molar-refractivity contribution in [2.45, 2.75) is 57.8 Å². The van der Waals surface area contributed by atoms with Crippen LogP contribution in [-0.4, -0.2) is 51.9 Å². The number of anilines is 1. The van der Waals surface area contributed by atoms with Crippen LogP contribution in [0.5, 0.6) is 5.75 Å². The molecule has 0 saturated heterocycles. The van der Waals surface area contributed by atoms with Gasteiger partial charge >= 0.3 is 0 Å². The Morgan fingerprint density at radius 1 is 0.875 bits per heavy atom. The van der Waals surface area contributed by atoms with E-state index in [1.807, 2.05) is 54.6 Å². The summed E-state index contributed by atoms with van der Waals surface area (Å²) in [4.78, 5) is 24.5. The standard InChI is InChI=1S/C29H36N6O4S/c30-23(14-15-25(31)32-26(37)19-21-8-2-1-3-9-21)11-4-5-13-28-34-35-29(40-28)33-27(38)20-22-10-6-12-24(18-22)39-17-7-16-36/h1-3,6,8-10,12,18,30,36H,4-5,7,11,13-17,19-20H2,(H2,31,32,37)(H,33,35,38). The number of unbranched alkanes of at least 4 members (excludes halogenated alkanes) is 1. The Morgan fingerprint density at radius 2 is 1.65 bits per heavy atom. The number of amidine groups is 1. The Morgan fingerprint density at radius 3 is 2.45 bits per heavy atom. The minimum Gasteiger partial charge on any atom is -0.493 e. The Hall–Kier alpha value is -3.96. The van der Waals surface area contributed by atoms with Crippen molar-refractivity contribution in [1.29, 1.82) is 10.8 Å². The van der Waals surface area contributed by atoms with Crippen molar-refractivity contribution in [3.63, 3.8) is 0 Å². The molecule has 0 aliphatic carbocycles. The zero-order chi connectivity index (χ0) is 28.6. The number of ether oxygens (including phenoxy) is 1. The van der Waals surface area contributed by atoms with Gasteiger partial charge < -0.3 is 25.9 Å². The van der Waals surface area contributed by atoms with E-state index >= 15 is 0 Å². The topological polar surface area (TPSA) is 161 Å². The molecule has 0 aliphatic rings. The van der Waals surface area contributed by atoms with Gasteiger partial charge in [-0.3, -0.25) is 15.0 Å². The highest BCUT2D eigenvalue weighted by Gasteiger charge is 2.11. The Bertz CT molecular complexity index is 1260. The van der Waals surface area contributed by atoms with Gasteiger partial charge in [0.2, 0.25) is 16.9 Å². The van der Waals surface area contributed by atoms with Gasteiger partial charge in [0.15, 0.2) is 0 Å². The van der Waals surface area contributed by atoms with Gasteiger partial charge in [-0.05, 0) is 48.9 Å². The lowest BCUT2D eigenvalue weighted by atomic mass is 10.1. The molecule has 5 N–H and O–H groups in total. The quantitative estimate of drug-likeness (QED) is 0.0931. The number of aromatic nitrogens is 2. The third kappa shape index (κ3) is 11.8. The van der Waals surface area contributed by atoms with Crippen molar-refractivity contribution >= 4 is 39.8 Å². The van der Waals surface area contributed by atoms with Crippen LogP contribution in [0.2, 0.25) is 0 Å². The van der Waals surface area contributed by atoms with E-state index in [0.717, 1.165) is 29.0 Å². The van der Waals surface area contributed by atoms with E-state index in [9.17, 15) is 9.59 Å². The molecule has 0 fully saturated rings. The van der Waals surface area contributed by atoms with E-state index < -0.39 is 0 Å². The predicted molar refractivity (Wildman–Crippen MR) is 156 cm³/mol. The summed E-state index contributed by atoms with van der Waals surface area (Å²) < 4.78 is 5.56. The average Bonchev–Trinajstić information content (AvgIpc) is 3.37. The molecule has 40 heavy (non-hydrogen) atoms. The van der Waals surface area contributed by atoms with Gasteiger partial charge in [-0.25, -0.2) is 0 Å². The second kappa shape index (κ2) is 16.9. The fourth-order valence-corrected chi connectivity index (χ4v) is 4.62. The van der Waals surface area contributed by atoms with E-state index in [1.165, 1.54) is 11.3 Å². The van der Waals surface area contributed by atoms with Gasteiger partial charge in [0, 0.05) is 31.6 Å². The second-order valence-electron chi connectivity index (χ2n) is 9.30. The number of aliphatic hydroxyl groups is 1. The Balaban J connectivity index is 1.28. The Kier molecular flexibility index (Phi) is 12.9. The lowest BCUT2D eigenvalue weighted by molar-refractivity contribution is -0.119. The molecule has 0 bridgehead atoms. The number of hydrogen-bond donors (Lipinski definition) is 5. The van der Waals surface area contributed by atoms with E-state index in [-0.39, 0.29) is 37.1 Å². The first-order valence-corrected chi connectivity index (χ1v) is 14.1. The number of benzene rings is 2. The van der Waals surface area contributed by atoms with Crippen LogP contribution in [0.4, 0.5) is 5.13 Å². The predicted octanol–water partition coefficient (Wildman–Crippen LogP) is 4.33. The normalized spacial score (nSPS) is 10.6. The molecule has 0 aliphatic heterocycles. The van der Waals surface area contributed by atoms with Crippen LogP contribution in [-0.2, 0) is 28.9 Å². The van der Waals surface area contributed by atoms with Gasteiger partial charge in [-0.1, -0.05) is 53.8 Å². The smallest absolute Gasteiger partial charge is 0.230 e. The van der Waals surface area contributed by atoms with Crippen LogP contribution in [0.25, 0.3) is 0 Å². The number of aliphatic hydroxyl groups excluding tert-OH is 1. The minimum absolute atomic E-state index is 0.0696. The van der Waals surface area contributed by atoms with Gasteiger partial charge in [-0.2, -0.15) is 0 Å². The van der Waals surface area contributed by atoms with Gasteiger partial charge in [0.25, 0.3) is 0 Å². The highest BCUT2D eigenvalue weighted by molar-refractivity contribution is 7.15. The number of aryl methyl sites for hydroxylation is 1. The molecule has 212 valence electrons. The number of nitrogens with zero attached hydrogens (tertiary/aromatic N) is 2. The maximum absolute atomic E-state index is 12.4. The fourth-order valence-electron chi connectivity index (χ4n) is 3.83. The number of amides is 2. The van der Waals surface area contributed by atoms with Gasteiger partial charge in [0.05, 0.1) is 19.4 Å². The highest BCUT2D eigenvalue weighted by atomic mass is 32.1. The number of nitrogens with one attached hydrogen (secondary N) is 4. The molecule has 3 rings (SSSR count). The summed E-state index contributed by atoms with van der Waals surface area (Å²) in [6.45, 7) is 0.487. The summed E-state index contributed by atoms with van der Waals surface area (Å²) in [5.74, 6) is 0.386. The zero-order valence-corrected chi connectivity index (χ0v) is 23.3. The van der Waals surface area contributed by atoms with E-state index in [4.69, 9.17) is 20.7 Å². The number of carbonyl (C=O) groups excluding carboxylic acids is 2. The molecule has 11 heteroatoms. The summed E-state index contributed by atoms with van der Waals surface area (Å²) in [5, 5.41) is 39.9. The molecule has 0 radical (unpaired) electrons. The summed E-state index contributed by atoms with van der Waals surface area (Å²) in [7, 11) is 0. The summed E-state index contributed by atoms with van der Waals surface area (Å²) in [6.07, 6.45) is 4.71. The summed E-state index contributed by atoms with van der Waals surface area (Å²) >= 11 is 1.34. The lowest BCUT2D eigenvalue weighted by Crippen LogP contribution is -2.31. The lowest BCUT2D eigenvalue weighted by Gasteiger charge is -2.08. The monoisotopic (exact) mass is 564 g/mol. The van der Waals surface area contributed by atoms with E-state index in [0.29, 0.717) is 55.3 Å². The molecule has 0 unspecified atom stereocenters. The third-order valence-electron chi connectivity index (χ3n) is 5.84. The maximum Gasteiger partial charge on any atom is 0.230 e. The zero-order valence-electron chi connectivity index (χ0n) is 22.4. The van der Waals surface area contributed by atoms with Crippen LogP contribution in [0.15, 0.2) is 54.6 Å². The third-order valence-corrected chi connectivity index (χ3v) is 6.74. The summed E-state index contributed by atoms with van der Waals surface area (Å²) in [5.41, 5.74) is 2.26. The molecule has 10 nitrogen and oxygen atoms in total. The van der Waals surface area contributed by atoms with Crippen molar-refractivity contribution in [1.82, 2.24) is 15.5 Å². The SMILES string of the molecule is N=C(CCCCc1nnc(NC(=O)Cc2cccc(OCCCO)c2)s1)CCC(=N)NC(=O)Cc1ccccc1. The fraction of sp³-hybridized carbons (Fsp3) is 0.379. The molecular formula is C29H36N6O4S. The van der Waals surface area contributed by atoms with Gasteiger partial charge in [0.1, 0.15) is 16.6 Å². The molecule has 2 aromatic carbocycles. The molecule has 3 aromatic rings. The van der Waals surface area contributed by atoms with Crippen molar-refractivity contribution in [2.24, 2.45) is 0 Å². The van der Waals surface area contributed by atoms with Crippen LogP contribution < -0.4 is 15.4 Å². The first-order valence-electron chi connectivity index (χ1n) is 13.3. The van der Waals surface area contributed by atoms with Crippen LogP contribution >= 0.6 is 11.3 Å². The second-order valence-corrected chi connectivity index (χ2v) is 10.4. The highest BCUT2D eigenvalue weighted by Crippen LogP contribution is 2.19. The van der Waals surface area contributed by atoms with Crippen LogP contribution in [0.3, 0.4) is 0 Å². The van der Waals surface area contributed by atoms with Crippen molar-refractivity contribution in [3.05, 3.63) is 70.7 Å². The molecule has 1 heterocycles. The molecule has 0 atom stereocenters. The first kappa shape index (κ1) is 30.6. The number of hydrogen-bond acceptors (Lipinski definition) is 9. The largest absolute Gasteiger partial charge is 0.493 e. The van der Waals surface area contributed by atoms with Gasteiger partial charge in [-0.15, -0.1) is 10.2 Å². The van der Waals surface area contributed by atoms with Crippen molar-refractivity contribution in [3.8, 4) is 5.75 Å². The molecule has 0 spiro atoms. The molecule has 2 amide bonds. The van der Waals surface area contributed by atoms with Crippen LogP contribution in [0.1, 0.15) is 54.7 Å². The van der Waals surface area contributed by atoms with E-state index in [1.54, 1.807) is 0 Å². The summed E-state index contributed by atoms with van der Waals surface area (Å²) in [6, 6.07) is 16.7. The first-order chi connectivity index (χ1) is 19.4. The maximum atomic E-state index is 12.4. The van der Waals surface area contributed by atoms with Crippen molar-refractivity contribution < 1.29 is 19.4 Å². The Labute approximate surface area is 238 Å². The minimum atomic E-state index is -0.218. The molecular weight excluding hydrogens is 528 g/mol. The molecule has 1 aromatic heterocycles. The number of rotatable bonds is 17.